The molecule has 1 amide bonds. The van der Waals surface area contributed by atoms with Gasteiger partial charge in [0, 0.05) is 35.0 Å². The first-order chi connectivity index (χ1) is 20.4. The molecule has 1 saturated heterocycles. The SMILES string of the molecule is C[C@H]1CN2C(=O)c3c(OCc4ccccc4)c(=O)ccn3N([C@@H]3c4ccccc4SCc4c3ccc(F)c4F)[C@@H]2CO1. The number of halogens is 2. The van der Waals surface area contributed by atoms with Crippen LogP contribution >= 0.6 is 11.8 Å². The van der Waals surface area contributed by atoms with Gasteiger partial charge in [-0.3, -0.25) is 19.3 Å². The van der Waals surface area contributed by atoms with Crippen LogP contribution in [-0.4, -0.2) is 40.9 Å². The molecule has 7 rings (SSSR count). The van der Waals surface area contributed by atoms with Crippen molar-refractivity contribution in [1.29, 1.82) is 0 Å². The Morgan fingerprint density at radius 1 is 0.976 bits per heavy atom. The number of hydrogen-bond acceptors (Lipinski definition) is 6. The normalized spacial score (nSPS) is 21.1. The molecule has 4 heterocycles. The first-order valence-electron chi connectivity index (χ1n) is 13.7. The van der Waals surface area contributed by atoms with Crippen LogP contribution < -0.4 is 15.2 Å². The third kappa shape index (κ3) is 4.37. The number of carbonyl (C=O) groups excluding carboxylic acids is 1. The molecule has 3 aromatic carbocycles. The lowest BCUT2D eigenvalue weighted by Crippen LogP contribution is -2.67. The lowest BCUT2D eigenvalue weighted by molar-refractivity contribution is -0.0577. The van der Waals surface area contributed by atoms with Crippen molar-refractivity contribution in [3.8, 4) is 5.75 Å². The Bertz CT molecular complexity index is 1750. The lowest BCUT2D eigenvalue weighted by Gasteiger charge is -2.52. The summed E-state index contributed by atoms with van der Waals surface area (Å²) in [7, 11) is 0. The second-order valence-electron chi connectivity index (χ2n) is 10.6. The average Bonchev–Trinajstić information content (AvgIpc) is 3.17. The first-order valence-corrected chi connectivity index (χ1v) is 14.7. The maximum Gasteiger partial charge on any atom is 0.278 e. The fourth-order valence-corrected chi connectivity index (χ4v) is 7.14. The highest BCUT2D eigenvalue weighted by Crippen LogP contribution is 2.45. The smallest absolute Gasteiger partial charge is 0.278 e. The van der Waals surface area contributed by atoms with Gasteiger partial charge in [0.25, 0.3) is 5.91 Å². The van der Waals surface area contributed by atoms with Gasteiger partial charge in [0.05, 0.1) is 18.8 Å². The molecule has 7 nitrogen and oxygen atoms in total. The molecule has 214 valence electrons. The minimum Gasteiger partial charge on any atom is -0.482 e. The van der Waals surface area contributed by atoms with Gasteiger partial charge in [0.1, 0.15) is 12.8 Å². The molecule has 0 N–H and O–H groups in total. The number of rotatable bonds is 4. The molecule has 0 unspecified atom stereocenters. The predicted molar refractivity (Wildman–Crippen MR) is 154 cm³/mol. The standard InChI is InChI=1S/C32H27F2N3O4S/c1-19-15-35-27(17-40-19)37(29-21-11-12-24(33)28(34)23(21)18-42-26-10-6-5-9-22(26)29)36-14-13-25(38)31(30(36)32(35)39)41-16-20-7-3-2-4-8-20/h2-14,19,27,29H,15-18H2,1H3/t19-,27+,29-/m0/s1. The second kappa shape index (κ2) is 10.6. The predicted octanol–water partition coefficient (Wildman–Crippen LogP) is 5.24. The maximum atomic E-state index is 15.4. The van der Waals surface area contributed by atoms with Gasteiger partial charge in [-0.2, -0.15) is 0 Å². The van der Waals surface area contributed by atoms with Gasteiger partial charge in [-0.15, -0.1) is 11.8 Å². The van der Waals surface area contributed by atoms with E-state index >= 15 is 4.39 Å². The summed E-state index contributed by atoms with van der Waals surface area (Å²) in [5.41, 5.74) is 2.22. The van der Waals surface area contributed by atoms with Crippen molar-refractivity contribution in [3.05, 3.63) is 129 Å². The van der Waals surface area contributed by atoms with E-state index in [0.29, 0.717) is 5.56 Å². The summed E-state index contributed by atoms with van der Waals surface area (Å²) < 4.78 is 43.7. The van der Waals surface area contributed by atoms with E-state index in [9.17, 15) is 14.0 Å². The van der Waals surface area contributed by atoms with E-state index in [-0.39, 0.29) is 54.5 Å². The molecule has 10 heteroatoms. The zero-order valence-corrected chi connectivity index (χ0v) is 23.5. The van der Waals surface area contributed by atoms with Crippen LogP contribution in [0.4, 0.5) is 8.78 Å². The van der Waals surface area contributed by atoms with Crippen molar-refractivity contribution >= 4 is 17.7 Å². The van der Waals surface area contributed by atoms with E-state index in [4.69, 9.17) is 9.47 Å². The first kappa shape index (κ1) is 26.7. The number of nitrogens with zero attached hydrogens (tertiary/aromatic N) is 3. The molecule has 0 radical (unpaired) electrons. The van der Waals surface area contributed by atoms with Crippen LogP contribution in [0, 0.1) is 11.6 Å². The Kier molecular flexibility index (Phi) is 6.74. The number of amides is 1. The number of benzene rings is 3. The van der Waals surface area contributed by atoms with Crippen LogP contribution in [0.1, 0.15) is 45.7 Å². The van der Waals surface area contributed by atoms with E-state index in [1.807, 2.05) is 66.5 Å². The molecule has 42 heavy (non-hydrogen) atoms. The van der Waals surface area contributed by atoms with E-state index in [2.05, 4.69) is 0 Å². The second-order valence-corrected chi connectivity index (χ2v) is 11.6. The highest BCUT2D eigenvalue weighted by atomic mass is 32.2. The van der Waals surface area contributed by atoms with Gasteiger partial charge in [-0.1, -0.05) is 54.6 Å². The molecule has 3 aliphatic rings. The van der Waals surface area contributed by atoms with Crippen molar-refractivity contribution in [2.24, 2.45) is 0 Å². The average molecular weight is 588 g/mol. The highest BCUT2D eigenvalue weighted by Gasteiger charge is 2.47. The molecule has 1 fully saturated rings. The molecule has 4 aromatic rings. The third-order valence-corrected chi connectivity index (χ3v) is 9.11. The quantitative estimate of drug-likeness (QED) is 0.326. The number of morpholine rings is 1. The minimum absolute atomic E-state index is 0.0595. The van der Waals surface area contributed by atoms with Gasteiger partial charge in [0.2, 0.25) is 5.43 Å². The number of aromatic nitrogens is 1. The Morgan fingerprint density at radius 3 is 2.60 bits per heavy atom. The van der Waals surface area contributed by atoms with Crippen molar-refractivity contribution in [2.45, 2.75) is 42.5 Å². The summed E-state index contributed by atoms with van der Waals surface area (Å²) in [6, 6.07) is 20.6. The monoisotopic (exact) mass is 587 g/mol. The summed E-state index contributed by atoms with van der Waals surface area (Å²) in [6.07, 6.45) is 0.729. The van der Waals surface area contributed by atoms with Crippen LogP contribution in [0.2, 0.25) is 0 Å². The molecule has 0 bridgehead atoms. The molecule has 0 aliphatic carbocycles. The van der Waals surface area contributed by atoms with Gasteiger partial charge >= 0.3 is 0 Å². The number of carbonyl (C=O) groups is 1. The van der Waals surface area contributed by atoms with Gasteiger partial charge < -0.3 is 14.4 Å². The Labute approximate surface area is 245 Å². The Hall–Kier alpha value is -4.15. The van der Waals surface area contributed by atoms with Crippen LogP contribution in [0.5, 0.6) is 5.75 Å². The summed E-state index contributed by atoms with van der Waals surface area (Å²) >= 11 is 1.44. The largest absolute Gasteiger partial charge is 0.482 e. The van der Waals surface area contributed by atoms with Gasteiger partial charge in [0.15, 0.2) is 23.1 Å². The third-order valence-electron chi connectivity index (χ3n) is 8.00. The van der Waals surface area contributed by atoms with Crippen molar-refractivity contribution < 1.29 is 23.0 Å². The van der Waals surface area contributed by atoms with Crippen molar-refractivity contribution in [2.75, 3.05) is 18.2 Å². The summed E-state index contributed by atoms with van der Waals surface area (Å²) in [5, 5.41) is 1.94. The molecule has 1 aromatic heterocycles. The zero-order valence-electron chi connectivity index (χ0n) is 22.7. The number of ether oxygens (including phenoxy) is 2. The molecule has 3 atom stereocenters. The van der Waals surface area contributed by atoms with Crippen molar-refractivity contribution in [3.63, 3.8) is 0 Å². The van der Waals surface area contributed by atoms with Gasteiger partial charge in [-0.05, 0) is 35.7 Å². The topological polar surface area (TPSA) is 64.0 Å². The van der Waals surface area contributed by atoms with E-state index < -0.39 is 29.3 Å². The van der Waals surface area contributed by atoms with E-state index in [1.165, 1.54) is 17.8 Å². The van der Waals surface area contributed by atoms with E-state index in [1.54, 1.807) is 21.8 Å². The van der Waals surface area contributed by atoms with Crippen LogP contribution in [0.25, 0.3) is 0 Å². The molecular formula is C32H27F2N3O4S. The maximum absolute atomic E-state index is 15.4. The Morgan fingerprint density at radius 2 is 1.76 bits per heavy atom. The molecule has 0 saturated carbocycles. The van der Waals surface area contributed by atoms with Crippen LogP contribution in [0.3, 0.4) is 0 Å². The van der Waals surface area contributed by atoms with E-state index in [0.717, 1.165) is 22.1 Å². The Balaban J connectivity index is 1.46. The highest BCUT2D eigenvalue weighted by molar-refractivity contribution is 7.98. The summed E-state index contributed by atoms with van der Waals surface area (Å²) in [4.78, 5) is 30.0. The number of hydrogen-bond donors (Lipinski definition) is 0. The van der Waals surface area contributed by atoms with Crippen molar-refractivity contribution in [1.82, 2.24) is 9.58 Å². The van der Waals surface area contributed by atoms with Gasteiger partial charge in [-0.25, -0.2) is 8.78 Å². The number of fused-ring (bicyclic) bond motifs is 4. The molecule has 0 spiro atoms. The van der Waals surface area contributed by atoms with Crippen LogP contribution in [-0.2, 0) is 17.1 Å². The molecular weight excluding hydrogens is 560 g/mol. The number of thioether (sulfide) groups is 1. The number of pyridine rings is 1. The summed E-state index contributed by atoms with van der Waals surface area (Å²) in [5.74, 6) is -1.97. The summed E-state index contributed by atoms with van der Waals surface area (Å²) in [6.45, 7) is 2.45. The fourth-order valence-electron chi connectivity index (χ4n) is 6.02. The molecule has 3 aliphatic heterocycles. The minimum atomic E-state index is -0.912. The lowest BCUT2D eigenvalue weighted by atomic mass is 9.93. The fraction of sp³-hybridized carbons (Fsp3) is 0.250. The zero-order chi connectivity index (χ0) is 29.0. The van der Waals surface area contributed by atoms with Crippen LogP contribution in [0.15, 0.2) is 88.7 Å².